The monoisotopic (exact) mass is 376 g/mol. The number of ketones is 1. The second kappa shape index (κ2) is 4.96. The van der Waals surface area contributed by atoms with Crippen LogP contribution >= 0.6 is 0 Å². The molecule has 4 aliphatic carbocycles. The van der Waals surface area contributed by atoms with Crippen molar-refractivity contribution < 1.29 is 24.2 Å². The first-order chi connectivity index (χ1) is 12.4. The first-order valence-corrected chi connectivity index (χ1v) is 10.5. The van der Waals surface area contributed by atoms with Crippen LogP contribution in [0.3, 0.4) is 0 Å². The number of hydrogen-bond acceptors (Lipinski definition) is 5. The lowest BCUT2D eigenvalue weighted by Crippen LogP contribution is -2.70. The standard InChI is InChI=1S/C22H32O5/c1-11(23)26-16-7-15(25)21(5)17(19(16,2)3)13(24)9-22-8-12-6-14(18(21)22)27-20(12,4)10-22/h12,14-18,25H,6-10H2,1-5H3/t12-,14-,15?,16+,17-,18+,20?,21?,22-/m1/s1. The summed E-state index contributed by atoms with van der Waals surface area (Å²) in [7, 11) is 0. The van der Waals surface area contributed by atoms with Crippen molar-refractivity contribution in [3.63, 3.8) is 0 Å². The summed E-state index contributed by atoms with van der Waals surface area (Å²) >= 11 is 0. The van der Waals surface area contributed by atoms with E-state index in [1.54, 1.807) is 0 Å². The molecule has 0 aromatic rings. The van der Waals surface area contributed by atoms with E-state index in [9.17, 15) is 14.7 Å². The van der Waals surface area contributed by atoms with Crippen molar-refractivity contribution in [2.45, 2.75) is 90.6 Å². The molecular weight excluding hydrogens is 344 g/mol. The van der Waals surface area contributed by atoms with Crippen molar-refractivity contribution in [2.75, 3.05) is 0 Å². The van der Waals surface area contributed by atoms with Crippen LogP contribution in [0.1, 0.15) is 66.7 Å². The molecule has 3 unspecified atom stereocenters. The SMILES string of the molecule is CC(=O)O[C@H]1CC(O)C2(C)[C@H](C(=O)C[C@]34C[C@H]5C[C@@H](OC5(C)C3)[C@@H]24)C1(C)C. The summed E-state index contributed by atoms with van der Waals surface area (Å²) in [5.41, 5.74) is -1.13. The maximum absolute atomic E-state index is 13.6. The Morgan fingerprint density at radius 3 is 2.56 bits per heavy atom. The van der Waals surface area contributed by atoms with E-state index >= 15 is 0 Å². The van der Waals surface area contributed by atoms with Gasteiger partial charge in [-0.05, 0) is 43.4 Å². The van der Waals surface area contributed by atoms with E-state index in [-0.39, 0.29) is 40.7 Å². The molecule has 6 rings (SSSR count). The highest BCUT2D eigenvalue weighted by molar-refractivity contribution is 5.85. The molecule has 2 heterocycles. The van der Waals surface area contributed by atoms with Crippen molar-refractivity contribution in [3.05, 3.63) is 0 Å². The fourth-order valence-electron chi connectivity index (χ4n) is 8.85. The van der Waals surface area contributed by atoms with Gasteiger partial charge in [0.05, 0.1) is 17.8 Å². The quantitative estimate of drug-likeness (QED) is 0.713. The van der Waals surface area contributed by atoms with Gasteiger partial charge in [0.1, 0.15) is 11.9 Å². The summed E-state index contributed by atoms with van der Waals surface area (Å²) in [6.07, 6.45) is 3.07. The van der Waals surface area contributed by atoms with Crippen molar-refractivity contribution in [1.82, 2.24) is 0 Å². The molecule has 27 heavy (non-hydrogen) atoms. The number of aliphatic hydroxyl groups is 1. The molecule has 1 N–H and O–H groups in total. The summed E-state index contributed by atoms with van der Waals surface area (Å²) in [5.74, 6) is 0.334. The molecule has 0 aromatic carbocycles. The van der Waals surface area contributed by atoms with Crippen LogP contribution in [0, 0.1) is 34.0 Å². The van der Waals surface area contributed by atoms with Gasteiger partial charge in [0, 0.05) is 36.5 Å². The second-order valence-electron chi connectivity index (χ2n) is 11.2. The van der Waals surface area contributed by atoms with Crippen LogP contribution in [0.15, 0.2) is 0 Å². The Hall–Kier alpha value is -0.940. The summed E-state index contributed by atoms with van der Waals surface area (Å²) in [6.45, 7) is 9.82. The number of hydrogen-bond donors (Lipinski definition) is 1. The first kappa shape index (κ1) is 18.1. The van der Waals surface area contributed by atoms with Crippen molar-refractivity contribution in [2.24, 2.45) is 34.0 Å². The van der Waals surface area contributed by atoms with Gasteiger partial charge in [0.25, 0.3) is 0 Å². The smallest absolute Gasteiger partial charge is 0.302 e. The third kappa shape index (κ3) is 1.98. The molecule has 2 aliphatic heterocycles. The summed E-state index contributed by atoms with van der Waals surface area (Å²) < 4.78 is 12.1. The zero-order valence-electron chi connectivity index (χ0n) is 17.1. The molecule has 6 aliphatic rings. The van der Waals surface area contributed by atoms with Gasteiger partial charge in [-0.2, -0.15) is 0 Å². The largest absolute Gasteiger partial charge is 0.462 e. The van der Waals surface area contributed by atoms with Gasteiger partial charge in [0.2, 0.25) is 0 Å². The average molecular weight is 376 g/mol. The first-order valence-electron chi connectivity index (χ1n) is 10.5. The maximum atomic E-state index is 13.6. The Morgan fingerprint density at radius 1 is 1.22 bits per heavy atom. The minimum absolute atomic E-state index is 0.0196. The number of esters is 1. The van der Waals surface area contributed by atoms with Gasteiger partial charge < -0.3 is 14.6 Å². The highest BCUT2D eigenvalue weighted by atomic mass is 16.5. The number of carbonyl (C=O) groups excluding carboxylic acids is 2. The number of ether oxygens (including phenoxy) is 2. The van der Waals surface area contributed by atoms with Crippen LogP contribution < -0.4 is 0 Å². The van der Waals surface area contributed by atoms with Gasteiger partial charge in [0.15, 0.2) is 0 Å². The fraction of sp³-hybridized carbons (Fsp3) is 0.909. The molecule has 6 fully saturated rings. The number of aliphatic hydroxyl groups excluding tert-OH is 1. The van der Waals surface area contributed by atoms with Crippen LogP contribution in [-0.2, 0) is 19.1 Å². The molecule has 150 valence electrons. The van der Waals surface area contributed by atoms with Gasteiger partial charge in [-0.25, -0.2) is 0 Å². The summed E-state index contributed by atoms with van der Waals surface area (Å²) in [5, 5.41) is 11.4. The van der Waals surface area contributed by atoms with Crippen LogP contribution in [-0.4, -0.2) is 40.8 Å². The maximum Gasteiger partial charge on any atom is 0.302 e. The van der Waals surface area contributed by atoms with Crippen LogP contribution in [0.2, 0.25) is 0 Å². The van der Waals surface area contributed by atoms with E-state index in [0.29, 0.717) is 18.8 Å². The van der Waals surface area contributed by atoms with Gasteiger partial charge >= 0.3 is 5.97 Å². The van der Waals surface area contributed by atoms with Crippen LogP contribution in [0.25, 0.3) is 0 Å². The Kier molecular flexibility index (Phi) is 3.33. The van der Waals surface area contributed by atoms with E-state index in [2.05, 4.69) is 13.8 Å². The van der Waals surface area contributed by atoms with Crippen LogP contribution in [0.4, 0.5) is 0 Å². The minimum Gasteiger partial charge on any atom is -0.462 e. The van der Waals surface area contributed by atoms with E-state index in [1.165, 1.54) is 6.92 Å². The highest BCUT2D eigenvalue weighted by Gasteiger charge is 2.77. The summed E-state index contributed by atoms with van der Waals surface area (Å²) in [6, 6.07) is 0. The molecule has 4 bridgehead atoms. The molecule has 5 nitrogen and oxygen atoms in total. The third-order valence-electron chi connectivity index (χ3n) is 9.37. The van der Waals surface area contributed by atoms with Gasteiger partial charge in [-0.15, -0.1) is 0 Å². The molecule has 4 saturated carbocycles. The molecule has 0 aromatic heterocycles. The topological polar surface area (TPSA) is 72.8 Å². The highest BCUT2D eigenvalue weighted by Crippen LogP contribution is 2.76. The fourth-order valence-corrected chi connectivity index (χ4v) is 8.85. The predicted molar refractivity (Wildman–Crippen MR) is 97.7 cm³/mol. The number of fused-ring (bicyclic) bond motifs is 1. The lowest BCUT2D eigenvalue weighted by molar-refractivity contribution is -0.261. The minimum atomic E-state index is -0.668. The molecule has 0 amide bonds. The van der Waals surface area contributed by atoms with Crippen molar-refractivity contribution >= 4 is 11.8 Å². The Labute approximate surface area is 161 Å². The lowest BCUT2D eigenvalue weighted by atomic mass is 9.39. The van der Waals surface area contributed by atoms with Gasteiger partial charge in [-0.1, -0.05) is 20.8 Å². The lowest BCUT2D eigenvalue weighted by Gasteiger charge is -2.67. The molecule has 9 atom stereocenters. The zero-order valence-corrected chi connectivity index (χ0v) is 17.1. The molecule has 5 heteroatoms. The summed E-state index contributed by atoms with van der Waals surface area (Å²) in [4.78, 5) is 25.2. The van der Waals surface area contributed by atoms with E-state index in [0.717, 1.165) is 19.3 Å². The number of carbonyl (C=O) groups is 2. The van der Waals surface area contributed by atoms with E-state index < -0.39 is 23.0 Å². The van der Waals surface area contributed by atoms with Crippen molar-refractivity contribution in [3.8, 4) is 0 Å². The Balaban J connectivity index is 1.61. The third-order valence-corrected chi connectivity index (χ3v) is 9.37. The molecule has 0 radical (unpaired) electrons. The van der Waals surface area contributed by atoms with Crippen LogP contribution in [0.5, 0.6) is 0 Å². The normalized spacial score (nSPS) is 57.3. The zero-order chi connectivity index (χ0) is 19.6. The Morgan fingerprint density at radius 2 is 1.93 bits per heavy atom. The second-order valence-corrected chi connectivity index (χ2v) is 11.2. The van der Waals surface area contributed by atoms with E-state index in [1.807, 2.05) is 13.8 Å². The number of rotatable bonds is 1. The molecule has 2 saturated heterocycles. The van der Waals surface area contributed by atoms with Crippen molar-refractivity contribution in [1.29, 1.82) is 0 Å². The Bertz CT molecular complexity index is 730. The number of Topliss-reactive ketones (excluding diaryl/α,β-unsaturated/α-hetero) is 1. The molecule has 1 spiro atoms. The van der Waals surface area contributed by atoms with E-state index in [4.69, 9.17) is 9.47 Å². The van der Waals surface area contributed by atoms with Gasteiger partial charge in [-0.3, -0.25) is 9.59 Å². The average Bonchev–Trinajstić information content (AvgIpc) is 2.85. The molecular formula is C22H32O5. The predicted octanol–water partition coefficient (Wildman–Crippen LogP) is 2.88.